The Morgan fingerprint density at radius 2 is 1.28 bits per heavy atom. The topological polar surface area (TPSA) is 106 Å². The van der Waals surface area contributed by atoms with E-state index in [1.54, 1.807) is 46.9 Å². The van der Waals surface area contributed by atoms with Gasteiger partial charge in [-0.1, -0.05) is 23.4 Å². The molecule has 7 rings (SSSR count). The molecule has 5 aromatic rings. The van der Waals surface area contributed by atoms with Crippen LogP contribution in [0.4, 0.5) is 0 Å². The van der Waals surface area contributed by atoms with Crippen LogP contribution in [0.3, 0.4) is 0 Å². The molecule has 0 spiro atoms. The van der Waals surface area contributed by atoms with E-state index >= 15 is 0 Å². The van der Waals surface area contributed by atoms with Gasteiger partial charge in [0.25, 0.3) is 0 Å². The maximum absolute atomic E-state index is 6.29. The Morgan fingerprint density at radius 1 is 0.648 bits per heavy atom. The van der Waals surface area contributed by atoms with Crippen molar-refractivity contribution >= 4 is 27.3 Å². The number of hydrogen-bond donors (Lipinski definition) is 0. The molecule has 284 valence electrons. The molecule has 0 radical (unpaired) electrons. The van der Waals surface area contributed by atoms with Crippen molar-refractivity contribution < 1.29 is 38.0 Å². The molecular formula is C41H46N4O8S. The van der Waals surface area contributed by atoms with Crippen LogP contribution in [0.25, 0.3) is 20.8 Å². The van der Waals surface area contributed by atoms with Crippen molar-refractivity contribution in [1.29, 1.82) is 0 Å². The van der Waals surface area contributed by atoms with Gasteiger partial charge < -0.3 is 38.0 Å². The van der Waals surface area contributed by atoms with E-state index < -0.39 is 0 Å². The Hall–Kier alpha value is -5.24. The standard InChI is InChI=1S/C41H46N4O8S/c1-46-32-12-10-27(34-26-31(43-53-34)29-24-37(48-3)40(50-5)38(25-29)49-4)22-36(32)52-21-19-45-16-14-44(15-17-45)18-20-51-33-13-11-28(23-35(33)47-2)41-42-30-8-6-7-9-39(30)54-41/h6-13,22-25,34H,14-21,26H2,1-5H3. The maximum atomic E-state index is 6.29. The van der Waals surface area contributed by atoms with Gasteiger partial charge in [0.05, 0.1) is 51.5 Å². The first-order valence-corrected chi connectivity index (χ1v) is 18.8. The highest BCUT2D eigenvalue weighted by atomic mass is 32.1. The van der Waals surface area contributed by atoms with Gasteiger partial charge in [-0.2, -0.15) is 0 Å². The second kappa shape index (κ2) is 17.3. The molecule has 1 saturated heterocycles. The van der Waals surface area contributed by atoms with Gasteiger partial charge in [-0.05, 0) is 60.2 Å². The highest BCUT2D eigenvalue weighted by Crippen LogP contribution is 2.41. The number of para-hydroxylation sites is 1. The molecule has 13 heteroatoms. The second-order valence-corrected chi connectivity index (χ2v) is 13.9. The highest BCUT2D eigenvalue weighted by molar-refractivity contribution is 7.21. The molecule has 0 bridgehead atoms. The number of oxime groups is 1. The summed E-state index contributed by atoms with van der Waals surface area (Å²) in [6, 6.07) is 23.9. The number of nitrogens with zero attached hydrogens (tertiary/aromatic N) is 4. The molecule has 1 atom stereocenters. The van der Waals surface area contributed by atoms with Crippen LogP contribution < -0.4 is 33.2 Å². The molecule has 12 nitrogen and oxygen atoms in total. The van der Waals surface area contributed by atoms with Crippen LogP contribution in [0.5, 0.6) is 40.2 Å². The van der Waals surface area contributed by atoms with Crippen molar-refractivity contribution in [1.82, 2.24) is 14.8 Å². The molecule has 0 saturated carbocycles. The van der Waals surface area contributed by atoms with Crippen molar-refractivity contribution in [3.05, 3.63) is 83.9 Å². The van der Waals surface area contributed by atoms with E-state index in [9.17, 15) is 0 Å². The summed E-state index contributed by atoms with van der Waals surface area (Å²) in [6.07, 6.45) is 0.305. The first kappa shape index (κ1) is 37.1. The Balaban J connectivity index is 0.864. The van der Waals surface area contributed by atoms with E-state index in [4.69, 9.17) is 43.0 Å². The number of rotatable bonds is 16. The van der Waals surface area contributed by atoms with E-state index in [1.807, 2.05) is 60.7 Å². The summed E-state index contributed by atoms with van der Waals surface area (Å²) in [5.74, 6) is 4.47. The minimum Gasteiger partial charge on any atom is -0.493 e. The fraction of sp³-hybridized carbons (Fsp3) is 0.366. The fourth-order valence-electron chi connectivity index (χ4n) is 6.70. The van der Waals surface area contributed by atoms with Crippen LogP contribution in [-0.4, -0.2) is 109 Å². The van der Waals surface area contributed by atoms with Crippen LogP contribution in [0.2, 0.25) is 0 Å². The zero-order chi connectivity index (χ0) is 37.4. The first-order valence-electron chi connectivity index (χ1n) is 18.0. The summed E-state index contributed by atoms with van der Waals surface area (Å²) in [4.78, 5) is 15.5. The highest BCUT2D eigenvalue weighted by Gasteiger charge is 2.27. The third-order valence-corrected chi connectivity index (χ3v) is 10.8. The summed E-state index contributed by atoms with van der Waals surface area (Å²) in [7, 11) is 8.10. The predicted octanol–water partition coefficient (Wildman–Crippen LogP) is 6.95. The number of ether oxygens (including phenoxy) is 7. The molecule has 2 aliphatic heterocycles. The largest absolute Gasteiger partial charge is 0.493 e. The number of methoxy groups -OCH3 is 5. The monoisotopic (exact) mass is 754 g/mol. The minimum absolute atomic E-state index is 0.269. The lowest BCUT2D eigenvalue weighted by Crippen LogP contribution is -2.48. The van der Waals surface area contributed by atoms with Crippen LogP contribution >= 0.6 is 11.3 Å². The van der Waals surface area contributed by atoms with Gasteiger partial charge in [0, 0.05) is 56.8 Å². The quantitative estimate of drug-likeness (QED) is 0.105. The normalized spacial score (nSPS) is 16.1. The smallest absolute Gasteiger partial charge is 0.203 e. The lowest BCUT2D eigenvalue weighted by molar-refractivity contribution is 0.0852. The van der Waals surface area contributed by atoms with Gasteiger partial charge in [-0.3, -0.25) is 9.80 Å². The third-order valence-electron chi connectivity index (χ3n) is 9.73. The minimum atomic E-state index is -0.269. The Labute approximate surface area is 319 Å². The summed E-state index contributed by atoms with van der Waals surface area (Å²) in [5, 5.41) is 5.37. The molecule has 1 aromatic heterocycles. The van der Waals surface area contributed by atoms with Crippen LogP contribution in [-0.2, 0) is 4.84 Å². The number of aromatic nitrogens is 1. The molecule has 3 heterocycles. The van der Waals surface area contributed by atoms with E-state index in [-0.39, 0.29) is 6.10 Å². The maximum Gasteiger partial charge on any atom is 0.203 e. The van der Waals surface area contributed by atoms with Crippen LogP contribution in [0.15, 0.2) is 78.0 Å². The van der Waals surface area contributed by atoms with Crippen molar-refractivity contribution in [3.63, 3.8) is 0 Å². The number of thiazole rings is 1. The molecule has 1 fully saturated rings. The van der Waals surface area contributed by atoms with E-state index in [1.165, 1.54) is 4.70 Å². The van der Waals surface area contributed by atoms with Crippen LogP contribution in [0.1, 0.15) is 23.7 Å². The summed E-state index contributed by atoms with van der Waals surface area (Å²) < 4.78 is 41.5. The van der Waals surface area contributed by atoms with Crippen molar-refractivity contribution in [2.24, 2.45) is 5.16 Å². The fourth-order valence-corrected chi connectivity index (χ4v) is 7.66. The van der Waals surface area contributed by atoms with E-state index in [2.05, 4.69) is 27.1 Å². The molecule has 0 amide bonds. The van der Waals surface area contributed by atoms with Crippen molar-refractivity contribution in [2.45, 2.75) is 12.5 Å². The summed E-state index contributed by atoms with van der Waals surface area (Å²) in [5.41, 5.74) is 4.61. The average molecular weight is 755 g/mol. The van der Waals surface area contributed by atoms with Gasteiger partial charge >= 0.3 is 0 Å². The zero-order valence-corrected chi connectivity index (χ0v) is 32.1. The Kier molecular flexibility index (Phi) is 11.9. The number of piperazine rings is 1. The number of fused-ring (bicyclic) bond motifs is 1. The molecule has 54 heavy (non-hydrogen) atoms. The zero-order valence-electron chi connectivity index (χ0n) is 31.3. The number of benzene rings is 4. The van der Waals surface area contributed by atoms with E-state index in [0.29, 0.717) is 54.1 Å². The number of hydrogen-bond acceptors (Lipinski definition) is 13. The molecule has 1 unspecified atom stereocenters. The van der Waals surface area contributed by atoms with Crippen molar-refractivity contribution in [3.8, 4) is 50.8 Å². The molecule has 0 aliphatic carbocycles. The second-order valence-electron chi connectivity index (χ2n) is 12.9. The van der Waals surface area contributed by atoms with Crippen LogP contribution in [0, 0.1) is 0 Å². The van der Waals surface area contributed by atoms with Gasteiger partial charge in [-0.15, -0.1) is 11.3 Å². The lowest BCUT2D eigenvalue weighted by Gasteiger charge is -2.34. The molecular weight excluding hydrogens is 709 g/mol. The SMILES string of the molecule is COc1cc(-c2nc3ccccc3s2)ccc1OCCN1CCN(CCOc2cc(C3CC(c4cc(OC)c(OC)c(OC)c4)=NO3)ccc2OC)CC1. The van der Waals surface area contributed by atoms with Gasteiger partial charge in [-0.25, -0.2) is 4.98 Å². The lowest BCUT2D eigenvalue weighted by atomic mass is 9.99. The average Bonchev–Trinajstić information content (AvgIpc) is 3.89. The van der Waals surface area contributed by atoms with Gasteiger partial charge in [0.1, 0.15) is 18.2 Å². The summed E-state index contributed by atoms with van der Waals surface area (Å²) in [6.45, 7) is 6.60. The first-order chi connectivity index (χ1) is 26.5. The van der Waals surface area contributed by atoms with Crippen molar-refractivity contribution in [2.75, 3.05) is 88.0 Å². The molecule has 2 aliphatic rings. The van der Waals surface area contributed by atoms with Gasteiger partial charge in [0.15, 0.2) is 40.6 Å². The summed E-state index contributed by atoms with van der Waals surface area (Å²) >= 11 is 1.68. The third kappa shape index (κ3) is 8.28. The van der Waals surface area contributed by atoms with Gasteiger partial charge in [0.2, 0.25) is 5.75 Å². The molecule has 0 N–H and O–H groups in total. The molecule has 4 aromatic carbocycles. The predicted molar refractivity (Wildman–Crippen MR) is 210 cm³/mol. The van der Waals surface area contributed by atoms with E-state index in [0.717, 1.165) is 77.9 Å². The Bertz CT molecular complexity index is 2020. The Morgan fingerprint density at radius 3 is 1.93 bits per heavy atom.